The number of aromatic nitrogens is 2. The van der Waals surface area contributed by atoms with Crippen LogP contribution in [-0.4, -0.2) is 40.0 Å². The number of piperidine rings is 1. The fourth-order valence-electron chi connectivity index (χ4n) is 3.66. The van der Waals surface area contributed by atoms with Crippen LogP contribution >= 0.6 is 0 Å². The lowest BCUT2D eigenvalue weighted by molar-refractivity contribution is 0.200. The zero-order valence-electron chi connectivity index (χ0n) is 13.5. The van der Waals surface area contributed by atoms with Crippen molar-refractivity contribution in [1.82, 2.24) is 14.9 Å². The van der Waals surface area contributed by atoms with Crippen LogP contribution in [-0.2, 0) is 6.54 Å². The van der Waals surface area contributed by atoms with Crippen molar-refractivity contribution in [3.63, 3.8) is 0 Å². The van der Waals surface area contributed by atoms with Crippen LogP contribution < -0.4 is 4.90 Å². The summed E-state index contributed by atoms with van der Waals surface area (Å²) in [5.41, 5.74) is 1.42. The second kappa shape index (κ2) is 6.67. The molecule has 0 radical (unpaired) electrons. The predicted octanol–water partition coefficient (Wildman–Crippen LogP) is 3.11. The molecule has 2 aromatic rings. The topological polar surface area (TPSA) is 32.3 Å². The van der Waals surface area contributed by atoms with E-state index in [4.69, 9.17) is 0 Å². The molecule has 1 saturated heterocycles. The minimum Gasteiger partial charge on any atom is -0.350 e. The first kappa shape index (κ1) is 14.6. The number of anilines is 1. The van der Waals surface area contributed by atoms with Gasteiger partial charge in [0.05, 0.1) is 0 Å². The van der Waals surface area contributed by atoms with E-state index in [-0.39, 0.29) is 0 Å². The molecule has 0 spiro atoms. The van der Waals surface area contributed by atoms with Crippen LogP contribution in [0.1, 0.15) is 31.2 Å². The monoisotopic (exact) mass is 308 g/mol. The Kier molecular flexibility index (Phi) is 4.24. The molecule has 1 aliphatic carbocycles. The summed E-state index contributed by atoms with van der Waals surface area (Å²) in [4.78, 5) is 13.7. The molecule has 2 heterocycles. The first-order valence-corrected chi connectivity index (χ1v) is 8.71. The molecule has 0 N–H and O–H groups in total. The molecule has 1 saturated carbocycles. The zero-order valence-corrected chi connectivity index (χ0v) is 13.5. The van der Waals surface area contributed by atoms with Crippen LogP contribution in [0.15, 0.2) is 48.9 Å². The third kappa shape index (κ3) is 3.53. The molecular weight excluding hydrogens is 284 g/mol. The molecule has 0 unspecified atom stereocenters. The van der Waals surface area contributed by atoms with Crippen molar-refractivity contribution in [2.45, 2.75) is 44.3 Å². The van der Waals surface area contributed by atoms with E-state index in [0.29, 0.717) is 12.1 Å². The Morgan fingerprint density at radius 1 is 0.957 bits per heavy atom. The van der Waals surface area contributed by atoms with E-state index in [1.165, 1.54) is 44.3 Å². The summed E-state index contributed by atoms with van der Waals surface area (Å²) in [7, 11) is 0. The van der Waals surface area contributed by atoms with Gasteiger partial charge in [-0.3, -0.25) is 4.90 Å². The Bertz CT molecular complexity index is 604. The minimum absolute atomic E-state index is 0.629. The summed E-state index contributed by atoms with van der Waals surface area (Å²) < 4.78 is 0. The van der Waals surface area contributed by atoms with Gasteiger partial charge in [0.2, 0.25) is 0 Å². The number of hydrogen-bond acceptors (Lipinski definition) is 4. The van der Waals surface area contributed by atoms with Gasteiger partial charge < -0.3 is 4.90 Å². The molecule has 23 heavy (non-hydrogen) atoms. The van der Waals surface area contributed by atoms with Crippen molar-refractivity contribution in [2.24, 2.45) is 0 Å². The van der Waals surface area contributed by atoms with Gasteiger partial charge >= 0.3 is 0 Å². The highest BCUT2D eigenvalue weighted by Crippen LogP contribution is 2.35. The maximum absolute atomic E-state index is 4.50. The van der Waals surface area contributed by atoms with E-state index in [9.17, 15) is 0 Å². The fraction of sp³-hybridized carbons (Fsp3) is 0.474. The molecule has 1 aromatic carbocycles. The van der Waals surface area contributed by atoms with Crippen molar-refractivity contribution in [1.29, 1.82) is 0 Å². The molecule has 1 aliphatic heterocycles. The summed E-state index contributed by atoms with van der Waals surface area (Å²) in [6.45, 7) is 3.42. The molecule has 1 aromatic heterocycles. The Morgan fingerprint density at radius 3 is 2.35 bits per heavy atom. The van der Waals surface area contributed by atoms with Crippen molar-refractivity contribution in [2.75, 3.05) is 18.0 Å². The average Bonchev–Trinajstić information content (AvgIpc) is 3.44. The first-order chi connectivity index (χ1) is 11.4. The van der Waals surface area contributed by atoms with Gasteiger partial charge in [0.15, 0.2) is 0 Å². The average molecular weight is 308 g/mol. The van der Waals surface area contributed by atoms with Gasteiger partial charge in [0, 0.05) is 37.9 Å². The van der Waals surface area contributed by atoms with Crippen molar-refractivity contribution >= 4 is 5.82 Å². The SMILES string of the molecule is c1ccc(CN2CCC(N(c3ccncn3)C3CC3)CC2)cc1. The second-order valence-electron chi connectivity index (χ2n) is 6.70. The van der Waals surface area contributed by atoms with Gasteiger partial charge in [0.1, 0.15) is 12.1 Å². The molecule has 0 amide bonds. The highest BCUT2D eigenvalue weighted by molar-refractivity contribution is 5.41. The molecule has 2 fully saturated rings. The van der Waals surface area contributed by atoms with Crippen molar-refractivity contribution in [3.05, 3.63) is 54.5 Å². The normalized spacial score (nSPS) is 19.7. The van der Waals surface area contributed by atoms with Crippen LogP contribution in [0.3, 0.4) is 0 Å². The van der Waals surface area contributed by atoms with Gasteiger partial charge in [0.25, 0.3) is 0 Å². The van der Waals surface area contributed by atoms with E-state index in [0.717, 1.165) is 12.4 Å². The lowest BCUT2D eigenvalue weighted by Gasteiger charge is -2.39. The van der Waals surface area contributed by atoms with Gasteiger partial charge in [-0.2, -0.15) is 0 Å². The molecule has 4 heteroatoms. The molecular formula is C19H24N4. The Morgan fingerprint density at radius 2 is 1.70 bits per heavy atom. The lowest BCUT2D eigenvalue weighted by atomic mass is 10.0. The van der Waals surface area contributed by atoms with Gasteiger partial charge in [-0.1, -0.05) is 30.3 Å². The Labute approximate surface area is 138 Å². The van der Waals surface area contributed by atoms with Gasteiger partial charge in [-0.15, -0.1) is 0 Å². The molecule has 0 atom stereocenters. The largest absolute Gasteiger partial charge is 0.350 e. The Balaban J connectivity index is 1.38. The molecule has 4 rings (SSSR count). The van der Waals surface area contributed by atoms with Crippen LogP contribution in [0.25, 0.3) is 0 Å². The van der Waals surface area contributed by atoms with E-state index in [1.807, 2.05) is 6.20 Å². The van der Waals surface area contributed by atoms with E-state index in [1.54, 1.807) is 6.33 Å². The highest BCUT2D eigenvalue weighted by Gasteiger charge is 2.36. The van der Waals surface area contributed by atoms with Gasteiger partial charge in [-0.05, 0) is 37.3 Å². The van der Waals surface area contributed by atoms with E-state index >= 15 is 0 Å². The highest BCUT2D eigenvalue weighted by atomic mass is 15.3. The number of nitrogens with zero attached hydrogens (tertiary/aromatic N) is 4. The summed E-state index contributed by atoms with van der Waals surface area (Å²) in [5, 5.41) is 0. The van der Waals surface area contributed by atoms with E-state index in [2.05, 4.69) is 56.2 Å². The molecule has 120 valence electrons. The predicted molar refractivity (Wildman–Crippen MR) is 92.3 cm³/mol. The summed E-state index contributed by atoms with van der Waals surface area (Å²) in [5.74, 6) is 1.11. The Hall–Kier alpha value is -1.94. The van der Waals surface area contributed by atoms with Crippen molar-refractivity contribution in [3.8, 4) is 0 Å². The van der Waals surface area contributed by atoms with Gasteiger partial charge in [-0.25, -0.2) is 9.97 Å². The van der Waals surface area contributed by atoms with Crippen LogP contribution in [0.2, 0.25) is 0 Å². The van der Waals surface area contributed by atoms with Crippen LogP contribution in [0.5, 0.6) is 0 Å². The van der Waals surface area contributed by atoms with Crippen LogP contribution in [0.4, 0.5) is 5.82 Å². The number of rotatable bonds is 5. The lowest BCUT2D eigenvalue weighted by Crippen LogP contribution is -2.46. The number of likely N-dealkylation sites (tertiary alicyclic amines) is 1. The smallest absolute Gasteiger partial charge is 0.132 e. The summed E-state index contributed by atoms with van der Waals surface area (Å²) in [6.07, 6.45) is 8.63. The summed E-state index contributed by atoms with van der Waals surface area (Å²) >= 11 is 0. The first-order valence-electron chi connectivity index (χ1n) is 8.71. The maximum Gasteiger partial charge on any atom is 0.132 e. The third-order valence-electron chi connectivity index (χ3n) is 4.97. The second-order valence-corrected chi connectivity index (χ2v) is 6.70. The molecule has 0 bridgehead atoms. The van der Waals surface area contributed by atoms with Crippen molar-refractivity contribution < 1.29 is 0 Å². The number of benzene rings is 1. The standard InChI is InChI=1S/C19H24N4/c1-2-4-16(5-3-1)14-22-12-9-18(10-13-22)23(17-6-7-17)19-8-11-20-15-21-19/h1-5,8,11,15,17-18H,6-7,9-10,12-14H2. The molecule has 2 aliphatic rings. The van der Waals surface area contributed by atoms with E-state index < -0.39 is 0 Å². The summed E-state index contributed by atoms with van der Waals surface area (Å²) in [6, 6.07) is 14.2. The quantitative estimate of drug-likeness (QED) is 0.849. The molecule has 4 nitrogen and oxygen atoms in total. The number of hydrogen-bond donors (Lipinski definition) is 0. The minimum atomic E-state index is 0.629. The third-order valence-corrected chi connectivity index (χ3v) is 4.97. The fourth-order valence-corrected chi connectivity index (χ4v) is 3.66. The zero-order chi connectivity index (χ0) is 15.5. The van der Waals surface area contributed by atoms with Crippen LogP contribution in [0, 0.1) is 0 Å². The maximum atomic E-state index is 4.50.